The topological polar surface area (TPSA) is 46.2 Å². The van der Waals surface area contributed by atoms with E-state index in [1.54, 1.807) is 47.9 Å². The summed E-state index contributed by atoms with van der Waals surface area (Å²) in [5.41, 5.74) is 4.24. The second kappa shape index (κ2) is 13.3. The molecule has 0 radical (unpaired) electrons. The second-order valence-corrected chi connectivity index (χ2v) is 8.55. The summed E-state index contributed by atoms with van der Waals surface area (Å²) in [6.07, 6.45) is 10.5. The zero-order chi connectivity index (χ0) is 22.5. The van der Waals surface area contributed by atoms with Crippen molar-refractivity contribution in [2.24, 2.45) is 0 Å². The van der Waals surface area contributed by atoms with Crippen LogP contribution in [0.2, 0.25) is 0 Å². The number of hydrogen-bond acceptors (Lipinski definition) is 4. The molecule has 0 aliphatic heterocycles. The highest BCUT2D eigenvalue weighted by Crippen LogP contribution is 2.31. The van der Waals surface area contributed by atoms with Gasteiger partial charge in [-0.25, -0.2) is 0 Å². The van der Waals surface area contributed by atoms with Crippen molar-refractivity contribution < 1.29 is 9.59 Å². The molecule has 0 saturated heterocycles. The van der Waals surface area contributed by atoms with Gasteiger partial charge < -0.3 is 5.32 Å². The number of allylic oxidation sites excluding steroid dienone is 4. The van der Waals surface area contributed by atoms with Gasteiger partial charge in [0.2, 0.25) is 0 Å². The summed E-state index contributed by atoms with van der Waals surface area (Å²) in [5.74, 6) is 0. The van der Waals surface area contributed by atoms with Gasteiger partial charge >= 0.3 is 0 Å². The number of carbonyl (C=O) groups is 2. The monoisotopic (exact) mass is 493 g/mol. The lowest BCUT2D eigenvalue weighted by atomic mass is 10.1. The number of benzene rings is 2. The fraction of sp³-hybridized carbons (Fsp3) is 0.0769. The minimum absolute atomic E-state index is 0.561. The summed E-state index contributed by atoms with van der Waals surface area (Å²) < 4.78 is 1.11. The van der Waals surface area contributed by atoms with Crippen LogP contribution in [0.5, 0.6) is 0 Å². The van der Waals surface area contributed by atoms with Gasteiger partial charge in [0.15, 0.2) is 0 Å². The zero-order valence-electron chi connectivity index (χ0n) is 17.4. The Balaban J connectivity index is 0.00000166. The highest BCUT2D eigenvalue weighted by Gasteiger charge is 2.00. The number of hydrogen-bond donors (Lipinski definition) is 1. The van der Waals surface area contributed by atoms with E-state index in [4.69, 9.17) is 0 Å². The van der Waals surface area contributed by atoms with Gasteiger partial charge in [-0.3, -0.25) is 9.59 Å². The third kappa shape index (κ3) is 7.96. The number of aldehydes is 2. The smallest absolute Gasteiger partial charge is 0.150 e. The van der Waals surface area contributed by atoms with Crippen LogP contribution < -0.4 is 5.32 Å². The first-order valence-corrected chi connectivity index (χ1v) is 11.5. The van der Waals surface area contributed by atoms with Crippen LogP contribution in [0.25, 0.3) is 16.5 Å². The van der Waals surface area contributed by atoms with E-state index in [2.05, 4.69) is 39.4 Å². The highest BCUT2D eigenvalue weighted by atomic mass is 79.9. The molecule has 1 aromatic heterocycles. The number of carbonyl (C=O) groups excluding carboxylic acids is 2. The Morgan fingerprint density at radius 3 is 2.16 bits per heavy atom. The van der Waals surface area contributed by atoms with Gasteiger partial charge in [-0.1, -0.05) is 56.3 Å². The van der Waals surface area contributed by atoms with Crippen molar-refractivity contribution in [3.8, 4) is 10.4 Å². The summed E-state index contributed by atoms with van der Waals surface area (Å²) in [4.78, 5) is 23.1. The molecule has 0 aliphatic rings. The van der Waals surface area contributed by atoms with Crippen LogP contribution in [0.1, 0.15) is 29.8 Å². The molecular formula is C26H24BrNO2S. The Morgan fingerprint density at radius 2 is 1.58 bits per heavy atom. The largest absolute Gasteiger partial charge is 0.362 e. The molecule has 5 heteroatoms. The van der Waals surface area contributed by atoms with Crippen molar-refractivity contribution in [1.82, 2.24) is 0 Å². The third-order valence-electron chi connectivity index (χ3n) is 4.05. The van der Waals surface area contributed by atoms with E-state index in [0.29, 0.717) is 11.1 Å². The van der Waals surface area contributed by atoms with E-state index < -0.39 is 0 Å². The van der Waals surface area contributed by atoms with E-state index in [-0.39, 0.29) is 0 Å². The van der Waals surface area contributed by atoms with Gasteiger partial charge in [0.25, 0.3) is 0 Å². The van der Waals surface area contributed by atoms with Gasteiger partial charge in [-0.05, 0) is 69.5 Å². The molecule has 0 spiro atoms. The first-order chi connectivity index (χ1) is 15.2. The van der Waals surface area contributed by atoms with E-state index in [9.17, 15) is 9.59 Å². The van der Waals surface area contributed by atoms with Crippen molar-refractivity contribution in [3.63, 3.8) is 0 Å². The third-order valence-corrected chi connectivity index (χ3v) is 5.73. The summed E-state index contributed by atoms with van der Waals surface area (Å²) in [6.45, 7) is 4.00. The normalized spacial score (nSPS) is 11.3. The van der Waals surface area contributed by atoms with Gasteiger partial charge in [0.1, 0.15) is 12.6 Å². The van der Waals surface area contributed by atoms with Crippen molar-refractivity contribution >= 4 is 51.6 Å². The molecule has 3 rings (SSSR count). The maximum absolute atomic E-state index is 11.3. The molecule has 1 heterocycles. The molecule has 0 unspecified atom stereocenters. The lowest BCUT2D eigenvalue weighted by molar-refractivity contribution is -0.104. The highest BCUT2D eigenvalue weighted by molar-refractivity contribution is 9.11. The Kier molecular flexibility index (Phi) is 10.4. The van der Waals surface area contributed by atoms with E-state index in [1.165, 1.54) is 10.4 Å². The molecular weight excluding hydrogens is 470 g/mol. The summed E-state index contributed by atoms with van der Waals surface area (Å²) >= 11 is 5.18. The number of anilines is 1. The van der Waals surface area contributed by atoms with Crippen LogP contribution in [0.4, 0.5) is 5.69 Å². The van der Waals surface area contributed by atoms with Gasteiger partial charge in [-0.15, -0.1) is 11.3 Å². The van der Waals surface area contributed by atoms with Crippen LogP contribution in [0.3, 0.4) is 0 Å². The minimum Gasteiger partial charge on any atom is -0.362 e. The molecule has 0 fully saturated rings. The Morgan fingerprint density at radius 1 is 0.903 bits per heavy atom. The summed E-state index contributed by atoms with van der Waals surface area (Å²) in [5, 5.41) is 3.09. The Labute approximate surface area is 196 Å². The number of rotatable bonds is 8. The van der Waals surface area contributed by atoms with E-state index in [1.807, 2.05) is 50.3 Å². The lowest BCUT2D eigenvalue weighted by Crippen LogP contribution is -1.87. The van der Waals surface area contributed by atoms with Crippen molar-refractivity contribution in [2.45, 2.75) is 13.8 Å². The van der Waals surface area contributed by atoms with Gasteiger partial charge in [0.05, 0.1) is 3.79 Å². The predicted octanol–water partition coefficient (Wildman–Crippen LogP) is 7.78. The lowest BCUT2D eigenvalue weighted by Gasteiger charge is -1.99. The van der Waals surface area contributed by atoms with Crippen LogP contribution in [-0.4, -0.2) is 12.6 Å². The standard InChI is InChI=1S/C24H18BrNO2S.C2H6/c25-24-14-13-23(29-24)21-9-5-18(6-10-21)3-4-19(16-27)2-1-15-26-22-11-7-20(17-28)8-12-22;1-2/h1-17,26H;1-2H3/b4-3-,15-1+,19-2+;. The molecule has 158 valence electrons. The molecule has 3 aromatic rings. The number of halogens is 1. The molecule has 1 N–H and O–H groups in total. The van der Waals surface area contributed by atoms with Crippen LogP contribution >= 0.6 is 27.3 Å². The molecule has 0 amide bonds. The average molecular weight is 494 g/mol. The van der Waals surface area contributed by atoms with Gasteiger partial charge in [0, 0.05) is 27.9 Å². The van der Waals surface area contributed by atoms with Crippen LogP contribution in [0, 0.1) is 0 Å². The van der Waals surface area contributed by atoms with E-state index >= 15 is 0 Å². The maximum Gasteiger partial charge on any atom is 0.150 e. The molecule has 0 atom stereocenters. The van der Waals surface area contributed by atoms with Crippen molar-refractivity contribution in [1.29, 1.82) is 0 Å². The van der Waals surface area contributed by atoms with Crippen LogP contribution in [0.15, 0.2) is 94.5 Å². The second-order valence-electron chi connectivity index (χ2n) is 6.09. The Hall–Kier alpha value is -3.02. The maximum atomic E-state index is 11.3. The first kappa shape index (κ1) is 24.3. The number of nitrogens with one attached hydrogen (secondary N) is 1. The predicted molar refractivity (Wildman–Crippen MR) is 137 cm³/mol. The van der Waals surface area contributed by atoms with Crippen molar-refractivity contribution in [2.75, 3.05) is 5.32 Å². The fourth-order valence-electron chi connectivity index (χ4n) is 2.52. The number of thiophene rings is 1. The SMILES string of the molecule is CC.O=CC(/C=C\c1ccc(-c2ccc(Br)s2)cc1)=C/C=C/Nc1ccc(C=O)cc1. The van der Waals surface area contributed by atoms with Crippen molar-refractivity contribution in [3.05, 3.63) is 106 Å². The summed E-state index contributed by atoms with van der Waals surface area (Å²) in [6, 6.07) is 19.4. The molecule has 31 heavy (non-hydrogen) atoms. The molecule has 0 bridgehead atoms. The zero-order valence-corrected chi connectivity index (χ0v) is 19.8. The van der Waals surface area contributed by atoms with Gasteiger partial charge in [-0.2, -0.15) is 0 Å². The molecule has 0 aliphatic carbocycles. The fourth-order valence-corrected chi connectivity index (χ4v) is 3.91. The Bertz CT molecular complexity index is 1060. The molecule has 2 aromatic carbocycles. The van der Waals surface area contributed by atoms with Crippen LogP contribution in [-0.2, 0) is 4.79 Å². The average Bonchev–Trinajstić information content (AvgIpc) is 3.27. The molecule has 0 saturated carbocycles. The molecule has 3 nitrogen and oxygen atoms in total. The minimum atomic E-state index is 0.561. The quantitative estimate of drug-likeness (QED) is 0.198. The first-order valence-electron chi connectivity index (χ1n) is 9.85. The summed E-state index contributed by atoms with van der Waals surface area (Å²) in [7, 11) is 0. The van der Waals surface area contributed by atoms with E-state index in [0.717, 1.165) is 27.6 Å².